The third-order valence-corrected chi connectivity index (χ3v) is 3.63. The molecular formula is C18H20N2O2. The first-order valence-electron chi connectivity index (χ1n) is 7.29. The second-order valence-corrected chi connectivity index (χ2v) is 5.43. The monoisotopic (exact) mass is 296 g/mol. The molecule has 0 atom stereocenters. The van der Waals surface area contributed by atoms with Gasteiger partial charge in [-0.25, -0.2) is 0 Å². The van der Waals surface area contributed by atoms with Gasteiger partial charge in [-0.15, -0.1) is 0 Å². The molecule has 2 heterocycles. The number of aryl methyl sites for hydroxylation is 2. The van der Waals surface area contributed by atoms with E-state index in [4.69, 9.17) is 9.47 Å². The smallest absolute Gasteiger partial charge is 0.150 e. The highest BCUT2D eigenvalue weighted by Gasteiger charge is 2.11. The molecular weight excluding hydrogens is 276 g/mol. The molecule has 1 N–H and O–H groups in total. The number of nitrogens with zero attached hydrogens (tertiary/aromatic N) is 1. The summed E-state index contributed by atoms with van der Waals surface area (Å²) < 4.78 is 13.2. The van der Waals surface area contributed by atoms with Gasteiger partial charge in [0.25, 0.3) is 0 Å². The van der Waals surface area contributed by atoms with Gasteiger partial charge in [0.05, 0.1) is 17.6 Å². The maximum Gasteiger partial charge on any atom is 0.150 e. The molecule has 4 heteroatoms. The summed E-state index contributed by atoms with van der Waals surface area (Å²) in [6.45, 7) is 6.76. The van der Waals surface area contributed by atoms with Crippen LogP contribution in [0.1, 0.15) is 12.0 Å². The Bertz CT molecular complexity index is 818. The van der Waals surface area contributed by atoms with E-state index < -0.39 is 0 Å². The molecule has 22 heavy (non-hydrogen) atoms. The average Bonchev–Trinajstić information content (AvgIpc) is 3.10. The van der Waals surface area contributed by atoms with Crippen LogP contribution in [0, 0.1) is 6.92 Å². The van der Waals surface area contributed by atoms with E-state index in [-0.39, 0.29) is 0 Å². The molecule has 1 aromatic carbocycles. The SMILES string of the molecule is C=c1ccn(C)/c1=C\Nc1ccc(C)cc1OC1=COCC1. The Labute approximate surface area is 130 Å². The van der Waals surface area contributed by atoms with Crippen molar-refractivity contribution in [3.63, 3.8) is 0 Å². The predicted molar refractivity (Wildman–Crippen MR) is 88.7 cm³/mol. The van der Waals surface area contributed by atoms with Gasteiger partial charge in [0.1, 0.15) is 12.0 Å². The number of anilines is 1. The van der Waals surface area contributed by atoms with Crippen molar-refractivity contribution in [2.24, 2.45) is 7.05 Å². The van der Waals surface area contributed by atoms with Gasteiger partial charge < -0.3 is 19.4 Å². The second-order valence-electron chi connectivity index (χ2n) is 5.43. The third kappa shape index (κ3) is 3.01. The van der Waals surface area contributed by atoms with Crippen molar-refractivity contribution in [1.29, 1.82) is 0 Å². The maximum absolute atomic E-state index is 5.95. The van der Waals surface area contributed by atoms with Crippen LogP contribution < -0.4 is 20.6 Å². The lowest BCUT2D eigenvalue weighted by Gasteiger charge is -2.12. The average molecular weight is 296 g/mol. The fraction of sp³-hybridized carbons (Fsp3) is 0.222. The highest BCUT2D eigenvalue weighted by Crippen LogP contribution is 2.29. The normalized spacial score (nSPS) is 14.6. The van der Waals surface area contributed by atoms with E-state index in [1.807, 2.05) is 49.1 Å². The summed E-state index contributed by atoms with van der Waals surface area (Å²) in [6.07, 6.45) is 6.42. The lowest BCUT2D eigenvalue weighted by molar-refractivity contribution is 0.281. The largest absolute Gasteiger partial charge is 0.497 e. The Morgan fingerprint density at radius 3 is 2.91 bits per heavy atom. The lowest BCUT2D eigenvalue weighted by Crippen LogP contribution is -2.27. The first kappa shape index (κ1) is 14.3. The van der Waals surface area contributed by atoms with Crippen molar-refractivity contribution in [2.45, 2.75) is 13.3 Å². The molecule has 0 saturated carbocycles. The maximum atomic E-state index is 5.95. The second kappa shape index (κ2) is 6.02. The number of rotatable bonds is 4. The highest BCUT2D eigenvalue weighted by atomic mass is 16.5. The molecule has 0 spiro atoms. The van der Waals surface area contributed by atoms with Gasteiger partial charge in [0, 0.05) is 25.9 Å². The Kier molecular flexibility index (Phi) is 3.92. The van der Waals surface area contributed by atoms with Crippen LogP contribution in [0.2, 0.25) is 0 Å². The number of hydrogen-bond donors (Lipinski definition) is 1. The molecule has 0 unspecified atom stereocenters. The van der Waals surface area contributed by atoms with E-state index in [0.29, 0.717) is 6.61 Å². The van der Waals surface area contributed by atoms with Gasteiger partial charge in [-0.05, 0) is 35.9 Å². The van der Waals surface area contributed by atoms with E-state index in [2.05, 4.69) is 18.0 Å². The molecule has 1 aliphatic rings. The number of ether oxygens (including phenoxy) is 2. The number of hydrogen-bond acceptors (Lipinski definition) is 3. The zero-order valence-electron chi connectivity index (χ0n) is 12.9. The van der Waals surface area contributed by atoms with Crippen molar-refractivity contribution < 1.29 is 9.47 Å². The highest BCUT2D eigenvalue weighted by molar-refractivity contribution is 5.64. The molecule has 0 radical (unpaired) electrons. The molecule has 114 valence electrons. The Balaban J connectivity index is 1.90. The van der Waals surface area contributed by atoms with Gasteiger partial charge in [0.2, 0.25) is 0 Å². The minimum Gasteiger partial charge on any atom is -0.497 e. The van der Waals surface area contributed by atoms with E-state index in [1.54, 1.807) is 6.26 Å². The number of nitrogens with one attached hydrogen (secondary N) is 1. The molecule has 0 aliphatic carbocycles. The summed E-state index contributed by atoms with van der Waals surface area (Å²) in [7, 11) is 2.00. The van der Waals surface area contributed by atoms with Crippen LogP contribution in [-0.4, -0.2) is 11.2 Å². The Morgan fingerprint density at radius 1 is 1.36 bits per heavy atom. The van der Waals surface area contributed by atoms with E-state index in [9.17, 15) is 0 Å². The van der Waals surface area contributed by atoms with Gasteiger partial charge in [-0.2, -0.15) is 0 Å². The standard InChI is InChI=1S/C18H20N2O2/c1-13-4-5-16(18(10-13)22-15-7-9-21-12-15)19-11-17-14(2)6-8-20(17)3/h4-6,8,10-12,19H,2,7,9H2,1,3H3/b17-11-. The third-order valence-electron chi connectivity index (χ3n) is 3.63. The Morgan fingerprint density at radius 2 is 2.23 bits per heavy atom. The van der Waals surface area contributed by atoms with Gasteiger partial charge in [-0.1, -0.05) is 12.6 Å². The van der Waals surface area contributed by atoms with Crippen molar-refractivity contribution in [1.82, 2.24) is 4.57 Å². The van der Waals surface area contributed by atoms with Crippen LogP contribution >= 0.6 is 0 Å². The fourth-order valence-corrected chi connectivity index (χ4v) is 2.35. The molecule has 1 aliphatic heterocycles. The van der Waals surface area contributed by atoms with Crippen LogP contribution in [0.3, 0.4) is 0 Å². The first-order valence-corrected chi connectivity index (χ1v) is 7.29. The first-order chi connectivity index (χ1) is 10.6. The summed E-state index contributed by atoms with van der Waals surface area (Å²) in [4.78, 5) is 0. The van der Waals surface area contributed by atoms with Crippen LogP contribution in [0.4, 0.5) is 5.69 Å². The summed E-state index contributed by atoms with van der Waals surface area (Å²) >= 11 is 0. The van der Waals surface area contributed by atoms with E-state index >= 15 is 0 Å². The molecule has 2 aromatic rings. The zero-order chi connectivity index (χ0) is 15.5. The van der Waals surface area contributed by atoms with Gasteiger partial charge in [-0.3, -0.25) is 0 Å². The summed E-state index contributed by atoms with van der Waals surface area (Å²) in [5, 5.41) is 5.34. The van der Waals surface area contributed by atoms with E-state index in [1.165, 1.54) is 0 Å². The minimum absolute atomic E-state index is 0.685. The van der Waals surface area contributed by atoms with Crippen molar-refractivity contribution in [3.05, 3.63) is 58.6 Å². The quantitative estimate of drug-likeness (QED) is 0.940. The van der Waals surface area contributed by atoms with Crippen molar-refractivity contribution in [2.75, 3.05) is 11.9 Å². The molecule has 1 aromatic heterocycles. The minimum atomic E-state index is 0.685. The molecule has 3 rings (SSSR count). The number of aromatic nitrogens is 1. The van der Waals surface area contributed by atoms with Crippen LogP contribution in [0.5, 0.6) is 5.75 Å². The number of benzene rings is 1. The lowest BCUT2D eigenvalue weighted by atomic mass is 10.2. The molecule has 4 nitrogen and oxygen atoms in total. The predicted octanol–water partition coefficient (Wildman–Crippen LogP) is 2.23. The molecule has 0 bridgehead atoms. The summed E-state index contributed by atoms with van der Waals surface area (Å²) in [6, 6.07) is 8.08. The molecule has 0 amide bonds. The Hall–Kier alpha value is -2.62. The topological polar surface area (TPSA) is 35.4 Å². The van der Waals surface area contributed by atoms with Crippen molar-refractivity contribution >= 4 is 18.5 Å². The molecule has 0 fully saturated rings. The van der Waals surface area contributed by atoms with Crippen molar-refractivity contribution in [3.8, 4) is 5.75 Å². The summed E-state index contributed by atoms with van der Waals surface area (Å²) in [5.41, 5.74) is 2.07. The van der Waals surface area contributed by atoms with Crippen LogP contribution in [-0.2, 0) is 11.8 Å². The fourth-order valence-electron chi connectivity index (χ4n) is 2.35. The van der Waals surface area contributed by atoms with Gasteiger partial charge in [0.15, 0.2) is 5.75 Å². The molecule has 0 saturated heterocycles. The zero-order valence-corrected chi connectivity index (χ0v) is 12.9. The van der Waals surface area contributed by atoms with Crippen LogP contribution in [0.15, 0.2) is 42.5 Å². The summed E-state index contributed by atoms with van der Waals surface area (Å²) in [5.74, 6) is 1.65. The van der Waals surface area contributed by atoms with Gasteiger partial charge >= 0.3 is 0 Å². The van der Waals surface area contributed by atoms with E-state index in [0.717, 1.165) is 39.7 Å². The van der Waals surface area contributed by atoms with Crippen LogP contribution in [0.25, 0.3) is 12.8 Å².